The predicted octanol–water partition coefficient (Wildman–Crippen LogP) is 3.37. The van der Waals surface area contributed by atoms with Gasteiger partial charge in [0.1, 0.15) is 0 Å². The second kappa shape index (κ2) is 9.76. The molecule has 0 saturated heterocycles. The van der Waals surface area contributed by atoms with Crippen molar-refractivity contribution in [2.24, 2.45) is 0 Å². The third kappa shape index (κ3) is 9.86. The molecule has 0 heterocycles. The Balaban J connectivity index is 3.45. The van der Waals surface area contributed by atoms with Gasteiger partial charge in [0.05, 0.1) is 18.8 Å². The number of hydrogen-bond acceptors (Lipinski definition) is 3. The lowest BCUT2D eigenvalue weighted by Gasteiger charge is -2.25. The fraction of sp³-hybridized carbons (Fsp3) is 1.00. The van der Waals surface area contributed by atoms with Crippen LogP contribution in [-0.2, 0) is 9.47 Å². The summed E-state index contributed by atoms with van der Waals surface area (Å²) in [6.07, 6.45) is 3.82. The first-order valence-electron chi connectivity index (χ1n) is 7.39. The summed E-state index contributed by atoms with van der Waals surface area (Å²) in [5, 5.41) is 3.49. The fourth-order valence-electron chi connectivity index (χ4n) is 1.41. The molecule has 0 rings (SSSR count). The monoisotopic (exact) mass is 259 g/mol. The molecule has 0 aliphatic carbocycles. The summed E-state index contributed by atoms with van der Waals surface area (Å²) < 4.78 is 11.4. The molecule has 1 N–H and O–H groups in total. The number of ether oxygens (including phenoxy) is 2. The van der Waals surface area contributed by atoms with E-state index in [0.29, 0.717) is 6.10 Å². The van der Waals surface area contributed by atoms with Crippen molar-refractivity contribution in [3.05, 3.63) is 0 Å². The minimum atomic E-state index is 0.215. The normalized spacial score (nSPS) is 15.7. The molecule has 0 spiro atoms. The van der Waals surface area contributed by atoms with Gasteiger partial charge in [0.25, 0.3) is 0 Å². The first-order valence-corrected chi connectivity index (χ1v) is 7.39. The van der Waals surface area contributed by atoms with Gasteiger partial charge in [-0.25, -0.2) is 0 Å². The maximum atomic E-state index is 5.75. The average molecular weight is 259 g/mol. The quantitative estimate of drug-likeness (QED) is 0.577. The standard InChI is InChI=1S/C15H33NO2/c1-7-13(3)17-11-9-14(4)18-12-10-16-15(5,6)8-2/h13-14,16H,7-12H2,1-6H3. The van der Waals surface area contributed by atoms with Gasteiger partial charge in [-0.1, -0.05) is 13.8 Å². The van der Waals surface area contributed by atoms with Gasteiger partial charge in [0.2, 0.25) is 0 Å². The summed E-state index contributed by atoms with van der Waals surface area (Å²) in [7, 11) is 0. The smallest absolute Gasteiger partial charge is 0.0594 e. The lowest BCUT2D eigenvalue weighted by atomic mass is 10.0. The highest BCUT2D eigenvalue weighted by atomic mass is 16.5. The van der Waals surface area contributed by atoms with Gasteiger partial charge in [0, 0.05) is 18.7 Å². The minimum absolute atomic E-state index is 0.215. The Morgan fingerprint density at radius 2 is 1.61 bits per heavy atom. The van der Waals surface area contributed by atoms with Crippen molar-refractivity contribution in [1.82, 2.24) is 5.32 Å². The van der Waals surface area contributed by atoms with Crippen molar-refractivity contribution in [1.29, 1.82) is 0 Å². The Labute approximate surface area is 114 Å². The summed E-state index contributed by atoms with van der Waals surface area (Å²) in [4.78, 5) is 0. The summed E-state index contributed by atoms with van der Waals surface area (Å²) >= 11 is 0. The van der Waals surface area contributed by atoms with Crippen LogP contribution in [-0.4, -0.2) is 37.5 Å². The second-order valence-electron chi connectivity index (χ2n) is 5.72. The van der Waals surface area contributed by atoms with Gasteiger partial charge in [-0.05, 0) is 47.0 Å². The van der Waals surface area contributed by atoms with Crippen LogP contribution in [0.3, 0.4) is 0 Å². The molecule has 0 bridgehead atoms. The van der Waals surface area contributed by atoms with Gasteiger partial charge < -0.3 is 14.8 Å². The number of hydrogen-bond donors (Lipinski definition) is 1. The van der Waals surface area contributed by atoms with Crippen LogP contribution in [0.15, 0.2) is 0 Å². The number of nitrogens with one attached hydrogen (secondary N) is 1. The van der Waals surface area contributed by atoms with Crippen molar-refractivity contribution in [2.75, 3.05) is 19.8 Å². The molecule has 0 saturated carbocycles. The van der Waals surface area contributed by atoms with E-state index in [0.717, 1.165) is 39.0 Å². The lowest BCUT2D eigenvalue weighted by Crippen LogP contribution is -2.40. The summed E-state index contributed by atoms with van der Waals surface area (Å²) in [5.74, 6) is 0. The largest absolute Gasteiger partial charge is 0.378 e. The van der Waals surface area contributed by atoms with E-state index in [1.165, 1.54) is 0 Å². The molecule has 0 radical (unpaired) electrons. The summed E-state index contributed by atoms with van der Waals surface area (Å²) in [5.41, 5.74) is 0.215. The molecule has 0 aromatic heterocycles. The van der Waals surface area contributed by atoms with E-state index in [2.05, 4.69) is 46.9 Å². The second-order valence-corrected chi connectivity index (χ2v) is 5.72. The Morgan fingerprint density at radius 3 is 2.17 bits per heavy atom. The molecule has 110 valence electrons. The van der Waals surface area contributed by atoms with E-state index >= 15 is 0 Å². The highest BCUT2D eigenvalue weighted by Crippen LogP contribution is 2.06. The molecule has 0 aromatic rings. The van der Waals surface area contributed by atoms with Crippen molar-refractivity contribution in [2.45, 2.75) is 78.6 Å². The van der Waals surface area contributed by atoms with E-state index in [4.69, 9.17) is 9.47 Å². The molecule has 2 atom stereocenters. The third-order valence-corrected chi connectivity index (χ3v) is 3.49. The van der Waals surface area contributed by atoms with E-state index in [1.807, 2.05) is 0 Å². The predicted molar refractivity (Wildman–Crippen MR) is 78.1 cm³/mol. The van der Waals surface area contributed by atoms with E-state index in [9.17, 15) is 0 Å². The van der Waals surface area contributed by atoms with Crippen LogP contribution in [0.1, 0.15) is 60.8 Å². The zero-order chi connectivity index (χ0) is 14.0. The SMILES string of the molecule is CCC(C)OCCC(C)OCCNC(C)(C)CC. The van der Waals surface area contributed by atoms with Crippen LogP contribution in [0.25, 0.3) is 0 Å². The van der Waals surface area contributed by atoms with Crippen LogP contribution in [0.2, 0.25) is 0 Å². The number of rotatable bonds is 11. The van der Waals surface area contributed by atoms with Crippen molar-refractivity contribution in [3.63, 3.8) is 0 Å². The molecule has 3 nitrogen and oxygen atoms in total. The topological polar surface area (TPSA) is 30.5 Å². The highest BCUT2D eigenvalue weighted by molar-refractivity contribution is 4.74. The molecule has 2 unspecified atom stereocenters. The van der Waals surface area contributed by atoms with Gasteiger partial charge >= 0.3 is 0 Å². The maximum Gasteiger partial charge on any atom is 0.0594 e. The molecular formula is C15H33NO2. The van der Waals surface area contributed by atoms with E-state index in [1.54, 1.807) is 0 Å². The van der Waals surface area contributed by atoms with Crippen LogP contribution in [0.4, 0.5) is 0 Å². The van der Waals surface area contributed by atoms with Crippen LogP contribution >= 0.6 is 0 Å². The van der Waals surface area contributed by atoms with Gasteiger partial charge in [-0.15, -0.1) is 0 Å². The van der Waals surface area contributed by atoms with Crippen molar-refractivity contribution >= 4 is 0 Å². The van der Waals surface area contributed by atoms with Crippen LogP contribution in [0.5, 0.6) is 0 Å². The highest BCUT2D eigenvalue weighted by Gasteiger charge is 2.13. The Bertz CT molecular complexity index is 195. The maximum absolute atomic E-state index is 5.75. The van der Waals surface area contributed by atoms with Gasteiger partial charge in [-0.3, -0.25) is 0 Å². The first-order chi connectivity index (χ1) is 8.41. The Morgan fingerprint density at radius 1 is 1.00 bits per heavy atom. The molecule has 18 heavy (non-hydrogen) atoms. The third-order valence-electron chi connectivity index (χ3n) is 3.49. The fourth-order valence-corrected chi connectivity index (χ4v) is 1.41. The van der Waals surface area contributed by atoms with Crippen molar-refractivity contribution in [3.8, 4) is 0 Å². The average Bonchev–Trinajstić information content (AvgIpc) is 2.34. The molecule has 0 amide bonds. The lowest BCUT2D eigenvalue weighted by molar-refractivity contribution is 0.00988. The van der Waals surface area contributed by atoms with E-state index < -0.39 is 0 Å². The Hall–Kier alpha value is -0.120. The minimum Gasteiger partial charge on any atom is -0.378 e. The van der Waals surface area contributed by atoms with E-state index in [-0.39, 0.29) is 11.6 Å². The molecular weight excluding hydrogens is 226 g/mol. The zero-order valence-electron chi connectivity index (χ0n) is 13.2. The molecule has 0 aliphatic rings. The van der Waals surface area contributed by atoms with Gasteiger partial charge in [-0.2, -0.15) is 0 Å². The molecule has 0 fully saturated rings. The van der Waals surface area contributed by atoms with Crippen molar-refractivity contribution < 1.29 is 9.47 Å². The van der Waals surface area contributed by atoms with Crippen LogP contribution < -0.4 is 5.32 Å². The molecule has 3 heteroatoms. The van der Waals surface area contributed by atoms with Crippen LogP contribution in [0, 0.1) is 0 Å². The van der Waals surface area contributed by atoms with Gasteiger partial charge in [0.15, 0.2) is 0 Å². The molecule has 0 aliphatic heterocycles. The summed E-state index contributed by atoms with van der Waals surface area (Å²) in [6, 6.07) is 0. The zero-order valence-corrected chi connectivity index (χ0v) is 13.2. The summed E-state index contributed by atoms with van der Waals surface area (Å²) in [6.45, 7) is 15.5. The Kier molecular flexibility index (Phi) is 9.70. The molecule has 0 aromatic carbocycles. The first kappa shape index (κ1) is 17.9.